The van der Waals surface area contributed by atoms with Crippen molar-refractivity contribution in [2.24, 2.45) is 0 Å². The van der Waals surface area contributed by atoms with Gasteiger partial charge in [-0.25, -0.2) is 5.11 Å². The van der Waals surface area contributed by atoms with Crippen molar-refractivity contribution in [2.45, 2.75) is 52.1 Å². The number of ether oxygens (including phenoxy) is 1. The summed E-state index contributed by atoms with van der Waals surface area (Å²) in [7, 11) is 0. The van der Waals surface area contributed by atoms with E-state index in [1.54, 1.807) is 0 Å². The zero-order valence-electron chi connectivity index (χ0n) is 8.34. The summed E-state index contributed by atoms with van der Waals surface area (Å²) in [6, 6.07) is 0. The van der Waals surface area contributed by atoms with Gasteiger partial charge < -0.3 is 4.74 Å². The minimum atomic E-state index is -0.0930. The van der Waals surface area contributed by atoms with Gasteiger partial charge in [-0.15, -0.1) is 0 Å². The van der Waals surface area contributed by atoms with E-state index in [4.69, 9.17) is 4.74 Å². The van der Waals surface area contributed by atoms with Crippen LogP contribution in [-0.4, -0.2) is 19.3 Å². The van der Waals surface area contributed by atoms with Crippen LogP contribution >= 0.6 is 0 Å². The van der Waals surface area contributed by atoms with Crippen LogP contribution in [0.2, 0.25) is 0 Å². The van der Waals surface area contributed by atoms with Crippen molar-refractivity contribution < 1.29 is 9.84 Å². The summed E-state index contributed by atoms with van der Waals surface area (Å²) >= 11 is 0. The lowest BCUT2D eigenvalue weighted by Gasteiger charge is -2.11. The first kappa shape index (κ1) is 11.9. The predicted molar refractivity (Wildman–Crippen MR) is 49.7 cm³/mol. The van der Waals surface area contributed by atoms with E-state index in [0.29, 0.717) is 0 Å². The Kier molecular flexibility index (Phi) is 8.95. The molecule has 0 spiro atoms. The SMILES string of the molecule is CCCCCCOC(CC)C[O]. The first-order chi connectivity index (χ1) is 5.85. The highest BCUT2D eigenvalue weighted by molar-refractivity contribution is 4.51. The molecule has 0 bridgehead atoms. The van der Waals surface area contributed by atoms with Gasteiger partial charge >= 0.3 is 0 Å². The Morgan fingerprint density at radius 1 is 1.17 bits per heavy atom. The molecule has 0 aromatic heterocycles. The molecule has 0 saturated heterocycles. The minimum absolute atomic E-state index is 0.0494. The van der Waals surface area contributed by atoms with E-state index >= 15 is 0 Å². The Morgan fingerprint density at radius 2 is 1.92 bits per heavy atom. The van der Waals surface area contributed by atoms with Crippen molar-refractivity contribution >= 4 is 0 Å². The molecular formula is C10H21O2. The van der Waals surface area contributed by atoms with E-state index < -0.39 is 0 Å². The Balaban J connectivity index is 3.06. The largest absolute Gasteiger partial charge is 0.376 e. The van der Waals surface area contributed by atoms with Crippen LogP contribution in [0.3, 0.4) is 0 Å². The van der Waals surface area contributed by atoms with Crippen LogP contribution in [0, 0.1) is 0 Å². The molecule has 0 saturated carbocycles. The Morgan fingerprint density at radius 3 is 2.42 bits per heavy atom. The molecule has 0 rings (SSSR count). The summed E-state index contributed by atoms with van der Waals surface area (Å²) in [6.45, 7) is 4.85. The van der Waals surface area contributed by atoms with Gasteiger partial charge in [0.2, 0.25) is 0 Å². The van der Waals surface area contributed by atoms with Crippen LogP contribution in [0.1, 0.15) is 46.0 Å². The lowest BCUT2D eigenvalue weighted by Crippen LogP contribution is -2.16. The molecule has 0 amide bonds. The van der Waals surface area contributed by atoms with Crippen LogP contribution in [0.5, 0.6) is 0 Å². The van der Waals surface area contributed by atoms with Crippen molar-refractivity contribution in [3.63, 3.8) is 0 Å². The third kappa shape index (κ3) is 6.62. The van der Waals surface area contributed by atoms with E-state index in [9.17, 15) is 5.11 Å². The van der Waals surface area contributed by atoms with E-state index in [0.717, 1.165) is 19.4 Å². The molecule has 0 fully saturated rings. The Bertz CT molecular complexity index is 79.9. The number of hydrogen-bond acceptors (Lipinski definition) is 1. The molecule has 0 heterocycles. The monoisotopic (exact) mass is 173 g/mol. The van der Waals surface area contributed by atoms with Crippen molar-refractivity contribution in [3.05, 3.63) is 0 Å². The first-order valence-corrected chi connectivity index (χ1v) is 5.04. The summed E-state index contributed by atoms with van der Waals surface area (Å²) < 4.78 is 5.37. The first-order valence-electron chi connectivity index (χ1n) is 5.04. The standard InChI is InChI=1S/C10H21O2/c1-3-5-6-7-8-12-10(4-2)9-11/h10H,3-9H2,1-2H3. The fraction of sp³-hybridized carbons (Fsp3) is 1.00. The molecule has 1 radical (unpaired) electrons. The molecule has 12 heavy (non-hydrogen) atoms. The van der Waals surface area contributed by atoms with E-state index in [-0.39, 0.29) is 12.7 Å². The molecule has 1 atom stereocenters. The predicted octanol–water partition coefficient (Wildman–Crippen LogP) is 2.79. The fourth-order valence-electron chi connectivity index (χ4n) is 1.06. The van der Waals surface area contributed by atoms with Gasteiger partial charge in [-0.2, -0.15) is 0 Å². The number of hydrogen-bond donors (Lipinski definition) is 0. The van der Waals surface area contributed by atoms with Crippen LogP contribution in [0.15, 0.2) is 0 Å². The zero-order valence-corrected chi connectivity index (χ0v) is 8.34. The van der Waals surface area contributed by atoms with Crippen LogP contribution in [0.25, 0.3) is 0 Å². The van der Waals surface area contributed by atoms with Gasteiger partial charge in [0, 0.05) is 6.61 Å². The van der Waals surface area contributed by atoms with Gasteiger partial charge in [0.05, 0.1) is 6.10 Å². The average molecular weight is 173 g/mol. The summed E-state index contributed by atoms with van der Waals surface area (Å²) in [5, 5.41) is 10.5. The molecule has 0 aromatic rings. The van der Waals surface area contributed by atoms with Crippen molar-refractivity contribution in [3.8, 4) is 0 Å². The smallest absolute Gasteiger partial charge is 0.108 e. The fourth-order valence-corrected chi connectivity index (χ4v) is 1.06. The lowest BCUT2D eigenvalue weighted by atomic mass is 10.2. The average Bonchev–Trinajstić information content (AvgIpc) is 2.11. The van der Waals surface area contributed by atoms with E-state index in [1.165, 1.54) is 19.3 Å². The lowest BCUT2D eigenvalue weighted by molar-refractivity contribution is -0.0117. The second-order valence-corrected chi connectivity index (χ2v) is 3.13. The van der Waals surface area contributed by atoms with Crippen LogP contribution in [0.4, 0.5) is 0 Å². The Hall–Kier alpha value is -0.0800. The minimum Gasteiger partial charge on any atom is -0.376 e. The molecule has 0 aliphatic rings. The van der Waals surface area contributed by atoms with Gasteiger partial charge in [0.1, 0.15) is 6.61 Å². The molecule has 2 heteroatoms. The maximum atomic E-state index is 10.5. The Labute approximate surface area is 75.9 Å². The summed E-state index contributed by atoms with van der Waals surface area (Å²) in [5.41, 5.74) is 0. The number of unbranched alkanes of at least 4 members (excludes halogenated alkanes) is 3. The normalized spacial score (nSPS) is 13.2. The second kappa shape index (κ2) is 9.01. The van der Waals surface area contributed by atoms with Gasteiger partial charge in [-0.1, -0.05) is 33.1 Å². The van der Waals surface area contributed by atoms with Crippen molar-refractivity contribution in [2.75, 3.05) is 13.2 Å². The number of rotatable bonds is 8. The summed E-state index contributed by atoms with van der Waals surface area (Å²) in [4.78, 5) is 0. The molecule has 2 nitrogen and oxygen atoms in total. The third-order valence-corrected chi connectivity index (χ3v) is 1.99. The van der Waals surface area contributed by atoms with Gasteiger partial charge in [0.15, 0.2) is 0 Å². The molecule has 0 aromatic carbocycles. The van der Waals surface area contributed by atoms with E-state index in [1.807, 2.05) is 6.92 Å². The quantitative estimate of drug-likeness (QED) is 0.519. The van der Waals surface area contributed by atoms with Gasteiger partial charge in [0.25, 0.3) is 0 Å². The van der Waals surface area contributed by atoms with Crippen LogP contribution in [-0.2, 0) is 9.84 Å². The topological polar surface area (TPSA) is 29.1 Å². The van der Waals surface area contributed by atoms with Gasteiger partial charge in [-0.05, 0) is 12.8 Å². The molecule has 0 aliphatic carbocycles. The summed E-state index contributed by atoms with van der Waals surface area (Å²) in [5.74, 6) is 0. The molecule has 0 N–H and O–H groups in total. The van der Waals surface area contributed by atoms with Gasteiger partial charge in [-0.3, -0.25) is 0 Å². The molecular weight excluding hydrogens is 152 g/mol. The van der Waals surface area contributed by atoms with Crippen LogP contribution < -0.4 is 0 Å². The second-order valence-electron chi connectivity index (χ2n) is 3.13. The zero-order chi connectivity index (χ0) is 9.23. The van der Waals surface area contributed by atoms with E-state index in [2.05, 4.69) is 6.92 Å². The maximum Gasteiger partial charge on any atom is 0.108 e. The highest BCUT2D eigenvalue weighted by Crippen LogP contribution is 2.02. The van der Waals surface area contributed by atoms with Crippen molar-refractivity contribution in [1.82, 2.24) is 0 Å². The summed E-state index contributed by atoms with van der Waals surface area (Å²) in [6.07, 6.45) is 5.65. The molecule has 1 unspecified atom stereocenters. The molecule has 73 valence electrons. The van der Waals surface area contributed by atoms with Crippen molar-refractivity contribution in [1.29, 1.82) is 0 Å². The maximum absolute atomic E-state index is 10.5. The highest BCUT2D eigenvalue weighted by Gasteiger charge is 2.03. The highest BCUT2D eigenvalue weighted by atomic mass is 16.5. The third-order valence-electron chi connectivity index (χ3n) is 1.99. The molecule has 0 aliphatic heterocycles.